The molecule has 5 heteroatoms. The molecule has 1 heterocycles. The minimum atomic E-state index is -4.42. The van der Waals surface area contributed by atoms with E-state index in [-0.39, 0.29) is 12.3 Å². The van der Waals surface area contributed by atoms with Crippen LogP contribution < -0.4 is 5.73 Å². The smallest absolute Gasteiger partial charge is 0.449 e. The highest BCUT2D eigenvalue weighted by Gasteiger charge is 2.35. The van der Waals surface area contributed by atoms with Crippen LogP contribution in [-0.4, -0.2) is 0 Å². The summed E-state index contributed by atoms with van der Waals surface area (Å²) in [5.41, 5.74) is 5.58. The molecule has 0 spiro atoms. The fraction of sp³-hybridized carbons (Fsp3) is 0.429. The third-order valence-electron chi connectivity index (χ3n) is 1.49. The molecule has 0 aliphatic carbocycles. The van der Waals surface area contributed by atoms with E-state index in [1.54, 1.807) is 0 Å². The van der Waals surface area contributed by atoms with E-state index >= 15 is 0 Å². The van der Waals surface area contributed by atoms with E-state index in [0.29, 0.717) is 5.56 Å². The second-order valence-corrected chi connectivity index (χ2v) is 2.42. The predicted octanol–water partition coefficient (Wildman–Crippen LogP) is 2.07. The zero-order valence-electron chi connectivity index (χ0n) is 6.40. The molecule has 12 heavy (non-hydrogen) atoms. The molecule has 0 atom stereocenters. The van der Waals surface area contributed by atoms with E-state index in [4.69, 9.17) is 5.73 Å². The largest absolute Gasteiger partial charge is 0.455 e. The molecule has 0 aliphatic rings. The summed E-state index contributed by atoms with van der Waals surface area (Å²) in [4.78, 5) is 0. The fourth-order valence-corrected chi connectivity index (χ4v) is 0.862. The first-order valence-corrected chi connectivity index (χ1v) is 3.31. The second-order valence-electron chi connectivity index (χ2n) is 2.42. The molecular formula is C7H8F3NO. The Hall–Kier alpha value is -0.970. The van der Waals surface area contributed by atoms with Gasteiger partial charge in [0.25, 0.3) is 0 Å². The van der Waals surface area contributed by atoms with Crippen molar-refractivity contribution in [2.24, 2.45) is 5.73 Å². The van der Waals surface area contributed by atoms with Crippen LogP contribution in [-0.2, 0) is 12.7 Å². The summed E-state index contributed by atoms with van der Waals surface area (Å²) < 4.78 is 40.4. The molecule has 1 aromatic rings. The molecule has 2 nitrogen and oxygen atoms in total. The Morgan fingerprint density at radius 2 is 2.08 bits per heavy atom. The number of aryl methyl sites for hydroxylation is 1. The number of furan rings is 1. The first-order chi connectivity index (χ1) is 5.45. The maximum absolute atomic E-state index is 12.0. The molecule has 68 valence electrons. The summed E-state index contributed by atoms with van der Waals surface area (Å²) in [6.45, 7) is 1.52. The van der Waals surface area contributed by atoms with E-state index in [2.05, 4.69) is 4.42 Å². The SMILES string of the molecule is Cc1cc(C(F)(F)F)oc1CN. The van der Waals surface area contributed by atoms with Crippen molar-refractivity contribution in [1.82, 2.24) is 0 Å². The molecule has 0 fully saturated rings. The van der Waals surface area contributed by atoms with Gasteiger partial charge in [0.2, 0.25) is 5.76 Å². The third kappa shape index (κ3) is 1.61. The molecule has 2 N–H and O–H groups in total. The van der Waals surface area contributed by atoms with Gasteiger partial charge in [-0.1, -0.05) is 0 Å². The lowest BCUT2D eigenvalue weighted by Gasteiger charge is -1.99. The van der Waals surface area contributed by atoms with Gasteiger partial charge in [0, 0.05) is 0 Å². The molecule has 0 bridgehead atoms. The number of nitrogens with two attached hydrogens (primary N) is 1. The summed E-state index contributed by atoms with van der Waals surface area (Å²) in [6.07, 6.45) is -4.42. The molecule has 0 saturated heterocycles. The van der Waals surface area contributed by atoms with Crippen molar-refractivity contribution in [3.05, 3.63) is 23.2 Å². The molecular weight excluding hydrogens is 171 g/mol. The number of hydrogen-bond donors (Lipinski definition) is 1. The van der Waals surface area contributed by atoms with Crippen molar-refractivity contribution in [2.75, 3.05) is 0 Å². The van der Waals surface area contributed by atoms with Crippen LogP contribution in [0.2, 0.25) is 0 Å². The van der Waals surface area contributed by atoms with E-state index < -0.39 is 11.9 Å². The zero-order valence-corrected chi connectivity index (χ0v) is 6.40. The highest BCUT2D eigenvalue weighted by atomic mass is 19.4. The lowest BCUT2D eigenvalue weighted by atomic mass is 10.2. The monoisotopic (exact) mass is 179 g/mol. The van der Waals surface area contributed by atoms with Gasteiger partial charge in [-0.2, -0.15) is 13.2 Å². The van der Waals surface area contributed by atoms with Crippen molar-refractivity contribution in [1.29, 1.82) is 0 Å². The first kappa shape index (κ1) is 9.12. The van der Waals surface area contributed by atoms with Gasteiger partial charge in [-0.15, -0.1) is 0 Å². The van der Waals surface area contributed by atoms with Crippen LogP contribution in [0.3, 0.4) is 0 Å². The van der Waals surface area contributed by atoms with Crippen LogP contribution in [0.4, 0.5) is 13.2 Å². The Kier molecular flexibility index (Phi) is 2.14. The Morgan fingerprint density at radius 1 is 1.50 bits per heavy atom. The Bertz CT molecular complexity index is 277. The summed E-state index contributed by atoms with van der Waals surface area (Å²) in [5.74, 6) is -0.803. The summed E-state index contributed by atoms with van der Waals surface area (Å²) in [5, 5.41) is 0. The van der Waals surface area contributed by atoms with Gasteiger partial charge >= 0.3 is 6.18 Å². The van der Waals surface area contributed by atoms with Crippen LogP contribution >= 0.6 is 0 Å². The maximum Gasteiger partial charge on any atom is 0.449 e. The van der Waals surface area contributed by atoms with Crippen LogP contribution in [0.15, 0.2) is 10.5 Å². The maximum atomic E-state index is 12.0. The van der Waals surface area contributed by atoms with E-state index in [1.807, 2.05) is 0 Å². The van der Waals surface area contributed by atoms with Crippen molar-refractivity contribution in [3.8, 4) is 0 Å². The molecule has 0 radical (unpaired) electrons. The fourth-order valence-electron chi connectivity index (χ4n) is 0.862. The highest BCUT2D eigenvalue weighted by molar-refractivity contribution is 5.21. The average Bonchev–Trinajstić information content (AvgIpc) is 2.29. The second kappa shape index (κ2) is 2.82. The standard InChI is InChI=1S/C7H8F3NO/c1-4-2-6(7(8,9)10)12-5(4)3-11/h2H,3,11H2,1H3. The molecule has 0 aromatic carbocycles. The Balaban J connectivity index is 3.05. The minimum absolute atomic E-state index is 0.0120. The topological polar surface area (TPSA) is 39.2 Å². The van der Waals surface area contributed by atoms with Crippen LogP contribution in [0.1, 0.15) is 17.1 Å². The third-order valence-corrected chi connectivity index (χ3v) is 1.49. The highest BCUT2D eigenvalue weighted by Crippen LogP contribution is 2.32. The number of rotatable bonds is 1. The molecule has 1 aromatic heterocycles. The van der Waals surface area contributed by atoms with E-state index in [1.165, 1.54) is 6.92 Å². The quantitative estimate of drug-likeness (QED) is 0.716. The summed E-state index contributed by atoms with van der Waals surface area (Å²) in [7, 11) is 0. The average molecular weight is 179 g/mol. The number of halogens is 3. The number of hydrogen-bond acceptors (Lipinski definition) is 2. The van der Waals surface area contributed by atoms with Gasteiger partial charge in [0.1, 0.15) is 5.76 Å². The summed E-state index contributed by atoms with van der Waals surface area (Å²) >= 11 is 0. The van der Waals surface area contributed by atoms with Crippen LogP contribution in [0, 0.1) is 6.92 Å². The Morgan fingerprint density at radius 3 is 2.33 bits per heavy atom. The Labute approximate surface area is 67.2 Å². The van der Waals surface area contributed by atoms with Crippen molar-refractivity contribution in [3.63, 3.8) is 0 Å². The number of alkyl halides is 3. The van der Waals surface area contributed by atoms with Crippen molar-refractivity contribution < 1.29 is 17.6 Å². The van der Waals surface area contributed by atoms with E-state index in [0.717, 1.165) is 6.07 Å². The van der Waals surface area contributed by atoms with Gasteiger partial charge in [0.05, 0.1) is 6.54 Å². The van der Waals surface area contributed by atoms with Gasteiger partial charge in [-0.3, -0.25) is 0 Å². The molecule has 0 amide bonds. The molecule has 0 unspecified atom stereocenters. The van der Waals surface area contributed by atoms with Crippen molar-refractivity contribution in [2.45, 2.75) is 19.6 Å². The van der Waals surface area contributed by atoms with Crippen LogP contribution in [0.5, 0.6) is 0 Å². The lowest BCUT2D eigenvalue weighted by Crippen LogP contribution is -2.02. The zero-order chi connectivity index (χ0) is 9.35. The van der Waals surface area contributed by atoms with Gasteiger partial charge in [-0.25, -0.2) is 0 Å². The molecule has 0 saturated carbocycles. The van der Waals surface area contributed by atoms with Gasteiger partial charge in [0.15, 0.2) is 0 Å². The lowest BCUT2D eigenvalue weighted by molar-refractivity contribution is -0.153. The van der Waals surface area contributed by atoms with Crippen LogP contribution in [0.25, 0.3) is 0 Å². The van der Waals surface area contributed by atoms with E-state index in [9.17, 15) is 13.2 Å². The van der Waals surface area contributed by atoms with Crippen molar-refractivity contribution >= 4 is 0 Å². The minimum Gasteiger partial charge on any atom is -0.455 e. The predicted molar refractivity (Wildman–Crippen MR) is 36.3 cm³/mol. The van der Waals surface area contributed by atoms with Gasteiger partial charge < -0.3 is 10.2 Å². The summed E-state index contributed by atoms with van der Waals surface area (Å²) in [6, 6.07) is 0.947. The first-order valence-electron chi connectivity index (χ1n) is 3.31. The molecule has 1 rings (SSSR count). The molecule has 0 aliphatic heterocycles. The normalized spacial score (nSPS) is 12.1. The van der Waals surface area contributed by atoms with Gasteiger partial charge in [-0.05, 0) is 18.6 Å².